The maximum atomic E-state index is 12.7. The van der Waals surface area contributed by atoms with Gasteiger partial charge in [0, 0.05) is 27.5 Å². The summed E-state index contributed by atoms with van der Waals surface area (Å²) < 4.78 is 0. The number of amides is 2. The zero-order valence-electron chi connectivity index (χ0n) is 19.4. The lowest BCUT2D eigenvalue weighted by Gasteiger charge is -2.08. The summed E-state index contributed by atoms with van der Waals surface area (Å²) in [5.74, 6) is 0.00553. The fourth-order valence-corrected chi connectivity index (χ4v) is 4.77. The Morgan fingerprint density at radius 1 is 0.784 bits per heavy atom. The Balaban J connectivity index is 1.32. The van der Waals surface area contributed by atoms with Gasteiger partial charge in [0.15, 0.2) is 0 Å². The second kappa shape index (κ2) is 10.3. The monoisotopic (exact) mass is 548 g/mol. The number of rotatable bonds is 5. The van der Waals surface area contributed by atoms with Gasteiger partial charge in [-0.25, -0.2) is 4.98 Å². The SMILES string of the molecule is Cc1cc(Cl)cc(C(=O)Nc2ccc(-c3nc4ccc(NC(=O)c5c(Cl)cccc5Cl)cc4[nH]3)cc2)c1. The van der Waals surface area contributed by atoms with E-state index in [-0.39, 0.29) is 21.5 Å². The summed E-state index contributed by atoms with van der Waals surface area (Å²) in [5, 5.41) is 6.77. The van der Waals surface area contributed by atoms with E-state index in [1.165, 1.54) is 0 Å². The molecule has 6 nitrogen and oxygen atoms in total. The molecule has 9 heteroatoms. The molecule has 3 N–H and O–H groups in total. The quantitative estimate of drug-likeness (QED) is 0.207. The van der Waals surface area contributed by atoms with Gasteiger partial charge in [0.1, 0.15) is 5.82 Å². The number of carbonyl (C=O) groups is 2. The van der Waals surface area contributed by atoms with Crippen molar-refractivity contribution in [2.24, 2.45) is 0 Å². The van der Waals surface area contributed by atoms with E-state index in [2.05, 4.69) is 20.6 Å². The summed E-state index contributed by atoms with van der Waals surface area (Å²) >= 11 is 18.4. The molecule has 0 atom stereocenters. The summed E-state index contributed by atoms with van der Waals surface area (Å²) in [4.78, 5) is 33.2. The third-order valence-electron chi connectivity index (χ3n) is 5.65. The number of carbonyl (C=O) groups excluding carboxylic acids is 2. The largest absolute Gasteiger partial charge is 0.338 e. The number of halogens is 3. The van der Waals surface area contributed by atoms with E-state index in [1.54, 1.807) is 66.7 Å². The van der Waals surface area contributed by atoms with Crippen LogP contribution in [0.3, 0.4) is 0 Å². The standard InChI is InChI=1S/C28H19Cl3N4O2/c1-15-11-17(13-18(29)12-15)27(36)32-19-7-5-16(6-8-19)26-34-23-10-9-20(14-24(23)35-26)33-28(37)25-21(30)3-2-4-22(25)31/h2-14H,1H3,(H,32,36)(H,33,37)(H,34,35). The molecule has 37 heavy (non-hydrogen) atoms. The van der Waals surface area contributed by atoms with Gasteiger partial charge in [-0.1, -0.05) is 40.9 Å². The molecule has 0 unspecified atom stereocenters. The molecule has 0 spiro atoms. The molecular formula is C28H19Cl3N4O2. The van der Waals surface area contributed by atoms with E-state index in [1.807, 2.05) is 19.1 Å². The van der Waals surface area contributed by atoms with Crippen LogP contribution in [0.15, 0.2) is 78.9 Å². The van der Waals surface area contributed by atoms with Crippen LogP contribution in [0.1, 0.15) is 26.3 Å². The molecule has 4 aromatic carbocycles. The molecule has 0 aliphatic rings. The molecule has 0 aliphatic heterocycles. The van der Waals surface area contributed by atoms with Crippen LogP contribution < -0.4 is 10.6 Å². The van der Waals surface area contributed by atoms with E-state index < -0.39 is 5.91 Å². The Bertz CT molecular complexity index is 1620. The van der Waals surface area contributed by atoms with Gasteiger partial charge in [-0.3, -0.25) is 9.59 Å². The van der Waals surface area contributed by atoms with Crippen molar-refractivity contribution >= 4 is 69.0 Å². The number of nitrogens with zero attached hydrogens (tertiary/aromatic N) is 1. The van der Waals surface area contributed by atoms with E-state index in [9.17, 15) is 9.59 Å². The highest BCUT2D eigenvalue weighted by Crippen LogP contribution is 2.27. The first-order chi connectivity index (χ1) is 17.8. The summed E-state index contributed by atoms with van der Waals surface area (Å²) in [7, 11) is 0. The molecule has 0 bridgehead atoms. The van der Waals surface area contributed by atoms with Crippen molar-refractivity contribution in [3.05, 3.63) is 111 Å². The lowest BCUT2D eigenvalue weighted by atomic mass is 10.1. The number of nitrogens with one attached hydrogen (secondary N) is 3. The smallest absolute Gasteiger partial charge is 0.258 e. The maximum absolute atomic E-state index is 12.7. The number of imidazole rings is 1. The van der Waals surface area contributed by atoms with Crippen LogP contribution >= 0.6 is 34.8 Å². The summed E-state index contributed by atoms with van der Waals surface area (Å²) in [6, 6.07) is 22.8. The predicted molar refractivity (Wildman–Crippen MR) is 150 cm³/mol. The van der Waals surface area contributed by atoms with Gasteiger partial charge in [-0.15, -0.1) is 0 Å². The first-order valence-electron chi connectivity index (χ1n) is 11.2. The number of aryl methyl sites for hydroxylation is 1. The van der Waals surface area contributed by atoms with Crippen molar-refractivity contribution in [2.45, 2.75) is 6.92 Å². The lowest BCUT2D eigenvalue weighted by Crippen LogP contribution is -2.13. The zero-order chi connectivity index (χ0) is 26.1. The third-order valence-corrected chi connectivity index (χ3v) is 6.50. The highest BCUT2D eigenvalue weighted by Gasteiger charge is 2.15. The number of hydrogen-bond acceptors (Lipinski definition) is 3. The number of hydrogen-bond donors (Lipinski definition) is 3. The average Bonchev–Trinajstić information content (AvgIpc) is 3.27. The minimum atomic E-state index is -0.403. The van der Waals surface area contributed by atoms with E-state index in [0.29, 0.717) is 27.8 Å². The van der Waals surface area contributed by atoms with Crippen LogP contribution in [-0.2, 0) is 0 Å². The molecule has 2 amide bonds. The van der Waals surface area contributed by atoms with Crippen molar-refractivity contribution in [1.82, 2.24) is 9.97 Å². The Labute approximate surface area is 227 Å². The molecule has 0 fully saturated rings. The summed E-state index contributed by atoms with van der Waals surface area (Å²) in [6.45, 7) is 1.89. The Kier molecular flexibility index (Phi) is 6.89. The molecule has 5 rings (SSSR count). The minimum Gasteiger partial charge on any atom is -0.338 e. The number of fused-ring (bicyclic) bond motifs is 1. The topological polar surface area (TPSA) is 86.9 Å². The van der Waals surface area contributed by atoms with Crippen LogP contribution in [0.5, 0.6) is 0 Å². The molecule has 0 saturated carbocycles. The first-order valence-corrected chi connectivity index (χ1v) is 12.3. The van der Waals surface area contributed by atoms with Crippen LogP contribution in [0.25, 0.3) is 22.4 Å². The van der Waals surface area contributed by atoms with E-state index in [4.69, 9.17) is 34.8 Å². The zero-order valence-corrected chi connectivity index (χ0v) is 21.7. The molecule has 0 aliphatic carbocycles. The molecule has 5 aromatic rings. The molecule has 184 valence electrons. The number of benzene rings is 4. The Morgan fingerprint density at radius 3 is 2.16 bits per heavy atom. The summed E-state index contributed by atoms with van der Waals surface area (Å²) in [6.07, 6.45) is 0. The van der Waals surface area contributed by atoms with E-state index in [0.717, 1.165) is 22.2 Å². The normalized spacial score (nSPS) is 10.9. The second-order valence-corrected chi connectivity index (χ2v) is 9.67. The summed E-state index contributed by atoms with van der Waals surface area (Å²) in [5.41, 5.74) is 5.14. The van der Waals surface area contributed by atoms with Crippen molar-refractivity contribution in [2.75, 3.05) is 10.6 Å². The van der Waals surface area contributed by atoms with Crippen molar-refractivity contribution in [1.29, 1.82) is 0 Å². The first kappa shape index (κ1) is 24.8. The maximum Gasteiger partial charge on any atom is 0.258 e. The Hall–Kier alpha value is -3.84. The number of H-pyrrole nitrogens is 1. The number of aromatic amines is 1. The van der Waals surface area contributed by atoms with Gasteiger partial charge in [-0.2, -0.15) is 0 Å². The molecule has 1 heterocycles. The molecule has 0 radical (unpaired) electrons. The second-order valence-electron chi connectivity index (χ2n) is 8.42. The van der Waals surface area contributed by atoms with Crippen molar-refractivity contribution in [3.8, 4) is 11.4 Å². The Morgan fingerprint density at radius 2 is 1.46 bits per heavy atom. The fraction of sp³-hybridized carbons (Fsp3) is 0.0357. The van der Waals surface area contributed by atoms with Crippen molar-refractivity contribution < 1.29 is 9.59 Å². The average molecular weight is 550 g/mol. The minimum absolute atomic E-state index is 0.217. The van der Waals surface area contributed by atoms with Gasteiger partial charge < -0.3 is 15.6 Å². The number of aromatic nitrogens is 2. The van der Waals surface area contributed by atoms with Gasteiger partial charge in [-0.05, 0) is 85.3 Å². The lowest BCUT2D eigenvalue weighted by molar-refractivity contribution is 0.101. The highest BCUT2D eigenvalue weighted by molar-refractivity contribution is 6.40. The van der Waals surface area contributed by atoms with Crippen LogP contribution in [-0.4, -0.2) is 21.8 Å². The molecular weight excluding hydrogens is 531 g/mol. The van der Waals surface area contributed by atoms with Crippen molar-refractivity contribution in [3.63, 3.8) is 0 Å². The van der Waals surface area contributed by atoms with E-state index >= 15 is 0 Å². The predicted octanol–water partition coefficient (Wildman–Crippen LogP) is 8.00. The number of anilines is 2. The van der Waals surface area contributed by atoms with Crippen LogP contribution in [0.2, 0.25) is 15.1 Å². The van der Waals surface area contributed by atoms with Crippen LogP contribution in [0.4, 0.5) is 11.4 Å². The van der Waals surface area contributed by atoms with Gasteiger partial charge in [0.2, 0.25) is 0 Å². The van der Waals surface area contributed by atoms with Crippen LogP contribution in [0, 0.1) is 6.92 Å². The fourth-order valence-electron chi connectivity index (χ4n) is 3.91. The third kappa shape index (κ3) is 5.47. The molecule has 1 aromatic heterocycles. The van der Waals surface area contributed by atoms with Gasteiger partial charge in [0.05, 0.1) is 26.6 Å². The highest BCUT2D eigenvalue weighted by atomic mass is 35.5. The molecule has 0 saturated heterocycles. The van der Waals surface area contributed by atoms with Gasteiger partial charge in [0.25, 0.3) is 11.8 Å². The van der Waals surface area contributed by atoms with Gasteiger partial charge >= 0.3 is 0 Å².